The van der Waals surface area contributed by atoms with Gasteiger partial charge >= 0.3 is 0 Å². The van der Waals surface area contributed by atoms with Gasteiger partial charge in [-0.25, -0.2) is 0 Å². The van der Waals surface area contributed by atoms with E-state index in [1.54, 1.807) is 0 Å². The topological polar surface area (TPSA) is 0 Å². The lowest BCUT2D eigenvalue weighted by Crippen LogP contribution is -1.60. The maximum atomic E-state index is 2.20. The van der Waals surface area contributed by atoms with Crippen molar-refractivity contribution in [1.82, 2.24) is 0 Å². The van der Waals surface area contributed by atoms with Gasteiger partial charge in [-0.2, -0.15) is 0 Å². The summed E-state index contributed by atoms with van der Waals surface area (Å²) in [5.41, 5.74) is 0. The van der Waals surface area contributed by atoms with Crippen LogP contribution in [0.1, 0.15) is 33.1 Å². The first kappa shape index (κ1) is 10.2. The zero-order valence-electron chi connectivity index (χ0n) is 7.59. The molecule has 0 amide bonds. The first-order chi connectivity index (χ1) is 5.41. The fourth-order valence-corrected chi connectivity index (χ4v) is 0.749. The Morgan fingerprint density at radius 2 is 1.36 bits per heavy atom. The van der Waals surface area contributed by atoms with E-state index >= 15 is 0 Å². The molecule has 0 aliphatic carbocycles. The summed E-state index contributed by atoms with van der Waals surface area (Å²) in [6.07, 6.45) is 16.3. The fraction of sp³-hybridized carbons (Fsp3) is 0.455. The molecule has 0 spiro atoms. The molecule has 0 radical (unpaired) electrons. The summed E-state index contributed by atoms with van der Waals surface area (Å²) in [7, 11) is 0. The Morgan fingerprint density at radius 1 is 0.818 bits per heavy atom. The van der Waals surface area contributed by atoms with Gasteiger partial charge in [0.1, 0.15) is 0 Å². The van der Waals surface area contributed by atoms with Crippen molar-refractivity contribution >= 4 is 0 Å². The molecule has 0 bridgehead atoms. The number of hydrogen-bond donors (Lipinski definition) is 0. The summed E-state index contributed by atoms with van der Waals surface area (Å²) in [4.78, 5) is 0. The highest BCUT2D eigenvalue weighted by Crippen LogP contribution is 1.91. The van der Waals surface area contributed by atoms with E-state index in [1.165, 1.54) is 0 Å². The molecule has 0 saturated heterocycles. The summed E-state index contributed by atoms with van der Waals surface area (Å²) in [5, 5.41) is 0. The van der Waals surface area contributed by atoms with Gasteiger partial charge in [0.2, 0.25) is 0 Å². The Labute approximate surface area is 70.3 Å². The van der Waals surface area contributed by atoms with Crippen molar-refractivity contribution in [2.45, 2.75) is 33.1 Å². The second-order valence-corrected chi connectivity index (χ2v) is 2.39. The van der Waals surface area contributed by atoms with Crippen LogP contribution < -0.4 is 0 Å². The zero-order chi connectivity index (χ0) is 8.36. The molecule has 0 heterocycles. The summed E-state index contributed by atoms with van der Waals surface area (Å²) >= 11 is 0. The van der Waals surface area contributed by atoms with Crippen LogP contribution in [0.4, 0.5) is 0 Å². The minimum atomic E-state index is 1.07. The largest absolute Gasteiger partial charge is 0.0914 e. The van der Waals surface area contributed by atoms with Gasteiger partial charge in [0, 0.05) is 0 Å². The molecule has 0 aromatic heterocycles. The van der Waals surface area contributed by atoms with Gasteiger partial charge in [0.05, 0.1) is 0 Å². The lowest BCUT2D eigenvalue weighted by molar-refractivity contribution is 1.19. The third-order valence-corrected chi connectivity index (χ3v) is 1.35. The van der Waals surface area contributed by atoms with E-state index in [0.717, 1.165) is 19.3 Å². The van der Waals surface area contributed by atoms with Crippen LogP contribution in [0.15, 0.2) is 36.5 Å². The van der Waals surface area contributed by atoms with Crippen LogP contribution in [0.3, 0.4) is 0 Å². The van der Waals surface area contributed by atoms with Crippen molar-refractivity contribution in [2.24, 2.45) is 0 Å². The van der Waals surface area contributed by atoms with Crippen molar-refractivity contribution in [3.05, 3.63) is 36.5 Å². The number of allylic oxidation sites excluding steroid dienone is 6. The van der Waals surface area contributed by atoms with E-state index in [0.29, 0.717) is 0 Å². The first-order valence-corrected chi connectivity index (χ1v) is 4.33. The molecule has 0 fully saturated rings. The Bertz CT molecular complexity index is 138. The van der Waals surface area contributed by atoms with Crippen LogP contribution >= 0.6 is 0 Å². The molecule has 0 unspecified atom stereocenters. The summed E-state index contributed by atoms with van der Waals surface area (Å²) in [5.74, 6) is 0. The molecular formula is C11H18. The summed E-state index contributed by atoms with van der Waals surface area (Å²) in [6.45, 7) is 4.20. The van der Waals surface area contributed by atoms with Crippen LogP contribution in [0, 0.1) is 0 Å². The molecule has 0 N–H and O–H groups in total. The maximum absolute atomic E-state index is 2.20. The molecule has 0 aliphatic heterocycles. The van der Waals surface area contributed by atoms with E-state index in [-0.39, 0.29) is 0 Å². The highest BCUT2D eigenvalue weighted by Gasteiger charge is 1.70. The Hall–Kier alpha value is -0.780. The first-order valence-electron chi connectivity index (χ1n) is 4.33. The molecule has 0 aromatic carbocycles. The highest BCUT2D eigenvalue weighted by atomic mass is 13.8. The second kappa shape index (κ2) is 9.22. The zero-order valence-corrected chi connectivity index (χ0v) is 7.59. The predicted octanol–water partition coefficient (Wildman–Crippen LogP) is 3.87. The summed E-state index contributed by atoms with van der Waals surface area (Å²) in [6, 6.07) is 0. The van der Waals surface area contributed by atoms with Gasteiger partial charge in [0.15, 0.2) is 0 Å². The van der Waals surface area contributed by atoms with Crippen molar-refractivity contribution in [2.75, 3.05) is 0 Å². The monoisotopic (exact) mass is 150 g/mol. The van der Waals surface area contributed by atoms with Crippen LogP contribution in [0.2, 0.25) is 0 Å². The number of rotatable bonds is 5. The molecule has 0 aromatic rings. The average molecular weight is 150 g/mol. The van der Waals surface area contributed by atoms with Gasteiger partial charge in [-0.15, -0.1) is 0 Å². The van der Waals surface area contributed by atoms with Crippen LogP contribution in [-0.4, -0.2) is 0 Å². The number of hydrogen-bond acceptors (Lipinski definition) is 0. The molecule has 0 aliphatic rings. The smallest absolute Gasteiger partial charge is 0.0169 e. The standard InChI is InChI=1S/C11H18/c1-3-5-7-9-11-10-8-6-4-2/h3,5-6,8-9,11H,4,7,10H2,1-2H3/b5-3+,8-6+,11-9+. The highest BCUT2D eigenvalue weighted by molar-refractivity contribution is 4.96. The van der Waals surface area contributed by atoms with Gasteiger partial charge in [-0.1, -0.05) is 43.4 Å². The minimum absolute atomic E-state index is 1.07. The quantitative estimate of drug-likeness (QED) is 0.522. The van der Waals surface area contributed by atoms with Gasteiger partial charge in [-0.3, -0.25) is 0 Å². The summed E-state index contributed by atoms with van der Waals surface area (Å²) < 4.78 is 0. The van der Waals surface area contributed by atoms with Gasteiger partial charge in [0.25, 0.3) is 0 Å². The Kier molecular flexibility index (Phi) is 8.57. The van der Waals surface area contributed by atoms with E-state index in [4.69, 9.17) is 0 Å². The molecule has 62 valence electrons. The van der Waals surface area contributed by atoms with Gasteiger partial charge < -0.3 is 0 Å². The Morgan fingerprint density at radius 3 is 1.91 bits per heavy atom. The lowest BCUT2D eigenvalue weighted by atomic mass is 10.3. The maximum Gasteiger partial charge on any atom is -0.0169 e. The van der Waals surface area contributed by atoms with E-state index < -0.39 is 0 Å². The Balaban J connectivity index is 3.23. The third-order valence-electron chi connectivity index (χ3n) is 1.35. The van der Waals surface area contributed by atoms with Crippen molar-refractivity contribution in [3.8, 4) is 0 Å². The lowest BCUT2D eigenvalue weighted by Gasteiger charge is -1.81. The predicted molar refractivity (Wildman–Crippen MR) is 52.6 cm³/mol. The van der Waals surface area contributed by atoms with Crippen LogP contribution in [0.5, 0.6) is 0 Å². The van der Waals surface area contributed by atoms with E-state index in [9.17, 15) is 0 Å². The molecule has 0 nitrogen and oxygen atoms in total. The van der Waals surface area contributed by atoms with E-state index in [2.05, 4.69) is 43.4 Å². The normalized spacial score (nSPS) is 12.5. The molecule has 11 heavy (non-hydrogen) atoms. The SMILES string of the molecule is C/C=C/C/C=C/C/C=C/CC. The molecule has 0 rings (SSSR count). The van der Waals surface area contributed by atoms with Crippen molar-refractivity contribution < 1.29 is 0 Å². The molecule has 0 atom stereocenters. The van der Waals surface area contributed by atoms with Crippen LogP contribution in [0.25, 0.3) is 0 Å². The molecule has 0 heteroatoms. The third kappa shape index (κ3) is 9.22. The fourth-order valence-electron chi connectivity index (χ4n) is 0.749. The van der Waals surface area contributed by atoms with Crippen molar-refractivity contribution in [3.63, 3.8) is 0 Å². The second-order valence-electron chi connectivity index (χ2n) is 2.39. The van der Waals surface area contributed by atoms with Crippen molar-refractivity contribution in [1.29, 1.82) is 0 Å². The van der Waals surface area contributed by atoms with Gasteiger partial charge in [-0.05, 0) is 26.2 Å². The molecule has 0 saturated carbocycles. The molecular weight excluding hydrogens is 132 g/mol. The van der Waals surface area contributed by atoms with Crippen LogP contribution in [-0.2, 0) is 0 Å². The minimum Gasteiger partial charge on any atom is -0.0914 e. The average Bonchev–Trinajstić information content (AvgIpc) is 2.03. The van der Waals surface area contributed by atoms with E-state index in [1.807, 2.05) is 6.92 Å².